The predicted octanol–water partition coefficient (Wildman–Crippen LogP) is 1.34. The van der Waals surface area contributed by atoms with E-state index < -0.39 is 18.0 Å². The molecule has 0 aliphatic carbocycles. The highest BCUT2D eigenvalue weighted by Crippen LogP contribution is 2.11. The monoisotopic (exact) mass is 214 g/mol. The number of carboxylic acid groups (broad SMARTS) is 1. The number of nitrogens with one attached hydrogen (secondary N) is 2. The van der Waals surface area contributed by atoms with Gasteiger partial charge in [0.05, 0.1) is 5.69 Å². The van der Waals surface area contributed by atoms with Crippen molar-refractivity contribution in [3.63, 3.8) is 0 Å². The van der Waals surface area contributed by atoms with Gasteiger partial charge in [-0.2, -0.15) is 11.3 Å². The molecule has 5 nitrogen and oxygen atoms in total. The van der Waals surface area contributed by atoms with Gasteiger partial charge in [-0.05, 0) is 18.4 Å². The third kappa shape index (κ3) is 3.06. The molecule has 0 saturated carbocycles. The van der Waals surface area contributed by atoms with Crippen LogP contribution in [0.5, 0.6) is 0 Å². The van der Waals surface area contributed by atoms with E-state index >= 15 is 0 Å². The molecule has 0 aliphatic rings. The summed E-state index contributed by atoms with van der Waals surface area (Å²) in [4.78, 5) is 21.5. The average molecular weight is 214 g/mol. The van der Waals surface area contributed by atoms with Crippen LogP contribution in [0, 0.1) is 0 Å². The zero-order valence-corrected chi connectivity index (χ0v) is 8.30. The number of urea groups is 1. The molecule has 0 fully saturated rings. The Hall–Kier alpha value is -1.56. The fourth-order valence-electron chi connectivity index (χ4n) is 0.761. The Morgan fingerprint density at radius 3 is 2.79 bits per heavy atom. The van der Waals surface area contributed by atoms with Crippen molar-refractivity contribution in [3.8, 4) is 0 Å². The maximum Gasteiger partial charge on any atom is 0.325 e. The van der Waals surface area contributed by atoms with Crippen LogP contribution in [0.3, 0.4) is 0 Å². The molecule has 1 atom stereocenters. The van der Waals surface area contributed by atoms with Crippen molar-refractivity contribution >= 4 is 29.0 Å². The minimum Gasteiger partial charge on any atom is -0.480 e. The lowest BCUT2D eigenvalue weighted by molar-refractivity contribution is -0.138. The number of carbonyl (C=O) groups is 2. The summed E-state index contributed by atoms with van der Waals surface area (Å²) in [5, 5.41) is 16.9. The number of anilines is 1. The molecule has 76 valence electrons. The van der Waals surface area contributed by atoms with Gasteiger partial charge in [0, 0.05) is 5.38 Å². The quantitative estimate of drug-likeness (QED) is 0.710. The second-order valence-corrected chi connectivity index (χ2v) is 3.45. The highest BCUT2D eigenvalue weighted by atomic mass is 32.1. The van der Waals surface area contributed by atoms with Gasteiger partial charge in [-0.15, -0.1) is 0 Å². The first-order valence-electron chi connectivity index (χ1n) is 3.92. The lowest BCUT2D eigenvalue weighted by atomic mass is 10.3. The zero-order valence-electron chi connectivity index (χ0n) is 7.48. The Morgan fingerprint density at radius 1 is 1.57 bits per heavy atom. The minimum atomic E-state index is -1.06. The summed E-state index contributed by atoms with van der Waals surface area (Å²) >= 11 is 1.45. The van der Waals surface area contributed by atoms with Crippen LogP contribution in [0.15, 0.2) is 16.8 Å². The number of carboxylic acids is 1. The lowest BCUT2D eigenvalue weighted by Gasteiger charge is -2.09. The fraction of sp³-hybridized carbons (Fsp3) is 0.250. The van der Waals surface area contributed by atoms with Crippen molar-refractivity contribution in [2.24, 2.45) is 0 Å². The third-order valence-electron chi connectivity index (χ3n) is 1.50. The second kappa shape index (κ2) is 4.61. The van der Waals surface area contributed by atoms with Crippen molar-refractivity contribution in [1.82, 2.24) is 5.32 Å². The number of hydrogen-bond acceptors (Lipinski definition) is 3. The van der Waals surface area contributed by atoms with E-state index in [0.717, 1.165) is 0 Å². The molecule has 0 aliphatic heterocycles. The molecule has 1 rings (SSSR count). The van der Waals surface area contributed by atoms with Crippen molar-refractivity contribution in [3.05, 3.63) is 16.8 Å². The molecule has 1 heterocycles. The largest absolute Gasteiger partial charge is 0.480 e. The standard InChI is InChI=1S/C8H10N2O3S/c1-5(7(11)12)9-8(13)10-6-2-3-14-4-6/h2-5H,1H3,(H,11,12)(H2,9,10,13). The Bertz CT molecular complexity index is 323. The zero-order chi connectivity index (χ0) is 10.6. The molecule has 6 heteroatoms. The number of rotatable bonds is 3. The summed E-state index contributed by atoms with van der Waals surface area (Å²) in [6.07, 6.45) is 0. The summed E-state index contributed by atoms with van der Waals surface area (Å²) in [6, 6.07) is 0.322. The number of thiophene rings is 1. The first-order chi connectivity index (χ1) is 6.59. The normalized spacial score (nSPS) is 11.8. The van der Waals surface area contributed by atoms with Gasteiger partial charge in [0.15, 0.2) is 0 Å². The molecule has 0 radical (unpaired) electrons. The van der Waals surface area contributed by atoms with E-state index in [1.165, 1.54) is 18.3 Å². The van der Waals surface area contributed by atoms with Gasteiger partial charge in [-0.25, -0.2) is 4.79 Å². The molecule has 1 unspecified atom stereocenters. The van der Waals surface area contributed by atoms with Crippen LogP contribution in [0.1, 0.15) is 6.92 Å². The summed E-state index contributed by atoms with van der Waals surface area (Å²) < 4.78 is 0. The van der Waals surface area contributed by atoms with E-state index in [1.54, 1.807) is 11.4 Å². The van der Waals surface area contributed by atoms with Crippen LogP contribution in [0.25, 0.3) is 0 Å². The van der Waals surface area contributed by atoms with E-state index in [1.807, 2.05) is 5.38 Å². The molecule has 0 spiro atoms. The van der Waals surface area contributed by atoms with E-state index in [4.69, 9.17) is 5.11 Å². The molecule has 0 saturated heterocycles. The predicted molar refractivity (Wildman–Crippen MR) is 53.6 cm³/mol. The number of carbonyl (C=O) groups excluding carboxylic acids is 1. The van der Waals surface area contributed by atoms with Gasteiger partial charge >= 0.3 is 12.0 Å². The molecule has 0 bridgehead atoms. The summed E-state index contributed by atoms with van der Waals surface area (Å²) in [5.74, 6) is -1.06. The molecular formula is C8H10N2O3S. The number of amides is 2. The van der Waals surface area contributed by atoms with Crippen LogP contribution in [0.4, 0.5) is 10.5 Å². The first-order valence-corrected chi connectivity index (χ1v) is 4.86. The van der Waals surface area contributed by atoms with Crippen molar-refractivity contribution in [1.29, 1.82) is 0 Å². The maximum absolute atomic E-state index is 11.1. The number of hydrogen-bond donors (Lipinski definition) is 3. The van der Waals surface area contributed by atoms with E-state index in [0.29, 0.717) is 5.69 Å². The topological polar surface area (TPSA) is 78.4 Å². The number of aliphatic carboxylic acids is 1. The summed E-state index contributed by atoms with van der Waals surface area (Å²) in [5.41, 5.74) is 0.657. The fourth-order valence-corrected chi connectivity index (χ4v) is 1.35. The van der Waals surface area contributed by atoms with Crippen LogP contribution < -0.4 is 10.6 Å². The SMILES string of the molecule is CC(NC(=O)Nc1ccsc1)C(=O)O. The van der Waals surface area contributed by atoms with Crippen LogP contribution in [-0.2, 0) is 4.79 Å². The minimum absolute atomic E-state index is 0.515. The van der Waals surface area contributed by atoms with Gasteiger partial charge in [0.2, 0.25) is 0 Å². The maximum atomic E-state index is 11.1. The molecule has 2 amide bonds. The first kappa shape index (κ1) is 10.5. The molecule has 1 aromatic heterocycles. The van der Waals surface area contributed by atoms with Gasteiger partial charge in [0.1, 0.15) is 6.04 Å². The van der Waals surface area contributed by atoms with Crippen LogP contribution in [-0.4, -0.2) is 23.1 Å². The lowest BCUT2D eigenvalue weighted by Crippen LogP contribution is -2.40. The van der Waals surface area contributed by atoms with Crippen molar-refractivity contribution in [2.45, 2.75) is 13.0 Å². The molecule has 1 aromatic rings. The van der Waals surface area contributed by atoms with Crippen molar-refractivity contribution in [2.75, 3.05) is 5.32 Å². The Balaban J connectivity index is 2.40. The highest BCUT2D eigenvalue weighted by Gasteiger charge is 2.13. The smallest absolute Gasteiger partial charge is 0.325 e. The summed E-state index contributed by atoms with van der Waals surface area (Å²) in [7, 11) is 0. The second-order valence-electron chi connectivity index (χ2n) is 2.67. The summed E-state index contributed by atoms with van der Waals surface area (Å²) in [6.45, 7) is 1.40. The van der Waals surface area contributed by atoms with Crippen LogP contribution in [0.2, 0.25) is 0 Å². The Kier molecular flexibility index (Phi) is 3.47. The highest BCUT2D eigenvalue weighted by molar-refractivity contribution is 7.08. The Labute approximate surface area is 84.7 Å². The van der Waals surface area contributed by atoms with Crippen LogP contribution >= 0.6 is 11.3 Å². The molecule has 3 N–H and O–H groups in total. The van der Waals surface area contributed by atoms with E-state index in [9.17, 15) is 9.59 Å². The average Bonchev–Trinajstić information content (AvgIpc) is 2.56. The van der Waals surface area contributed by atoms with Gasteiger partial charge < -0.3 is 15.7 Å². The van der Waals surface area contributed by atoms with E-state index in [2.05, 4.69) is 10.6 Å². The molecular weight excluding hydrogens is 204 g/mol. The molecule has 14 heavy (non-hydrogen) atoms. The van der Waals surface area contributed by atoms with E-state index in [-0.39, 0.29) is 0 Å². The van der Waals surface area contributed by atoms with Gasteiger partial charge in [-0.3, -0.25) is 4.79 Å². The molecule has 0 aromatic carbocycles. The van der Waals surface area contributed by atoms with Gasteiger partial charge in [-0.1, -0.05) is 0 Å². The van der Waals surface area contributed by atoms with Gasteiger partial charge in [0.25, 0.3) is 0 Å². The Morgan fingerprint density at radius 2 is 2.29 bits per heavy atom. The third-order valence-corrected chi connectivity index (χ3v) is 2.18. The van der Waals surface area contributed by atoms with Crippen molar-refractivity contribution < 1.29 is 14.7 Å².